The van der Waals surface area contributed by atoms with Gasteiger partial charge < -0.3 is 0 Å². The molecule has 4 nitrogen and oxygen atoms in total. The number of pyridine rings is 1. The van der Waals surface area contributed by atoms with Crippen LogP contribution in [0, 0.1) is 0 Å². The minimum atomic E-state index is -0.194. The molecule has 1 amide bonds. The van der Waals surface area contributed by atoms with Crippen LogP contribution in [0.25, 0.3) is 0 Å². The zero-order valence-electron chi connectivity index (χ0n) is 11.9. The maximum atomic E-state index is 11.8. The van der Waals surface area contributed by atoms with E-state index in [1.165, 1.54) is 0 Å². The van der Waals surface area contributed by atoms with Crippen LogP contribution in [0.5, 0.6) is 0 Å². The number of aromatic nitrogens is 1. The first-order valence-corrected chi connectivity index (χ1v) is 7.27. The summed E-state index contributed by atoms with van der Waals surface area (Å²) in [5.74, 6) is 0.198. The number of nitrogens with zero attached hydrogens (tertiary/aromatic N) is 2. The molecular weight excluding hydrogens is 309 g/mol. The highest BCUT2D eigenvalue weighted by atomic mass is 35.5. The fourth-order valence-corrected chi connectivity index (χ4v) is 1.72. The molecule has 112 valence electrons. The summed E-state index contributed by atoms with van der Waals surface area (Å²) < 4.78 is 0. The topological polar surface area (TPSA) is 54.4 Å². The summed E-state index contributed by atoms with van der Waals surface area (Å²) in [6.07, 6.45) is 6.99. The van der Waals surface area contributed by atoms with Gasteiger partial charge in [-0.05, 0) is 43.2 Å². The minimum Gasteiger partial charge on any atom is -0.273 e. The van der Waals surface area contributed by atoms with Gasteiger partial charge in [-0.3, -0.25) is 9.78 Å². The van der Waals surface area contributed by atoms with E-state index in [0.717, 1.165) is 11.1 Å². The lowest BCUT2D eigenvalue weighted by molar-refractivity contribution is -0.120. The van der Waals surface area contributed by atoms with Crippen molar-refractivity contribution < 1.29 is 4.79 Å². The number of halogens is 2. The third kappa shape index (κ3) is 6.56. The number of allylic oxidation sites excluding steroid dienone is 4. The third-order valence-electron chi connectivity index (χ3n) is 2.72. The Bertz CT molecular complexity index is 566. The van der Waals surface area contributed by atoms with Gasteiger partial charge in [-0.1, -0.05) is 17.7 Å². The first-order chi connectivity index (χ1) is 10.0. The van der Waals surface area contributed by atoms with Crippen molar-refractivity contribution in [1.82, 2.24) is 10.4 Å². The van der Waals surface area contributed by atoms with Crippen LogP contribution in [0.4, 0.5) is 0 Å². The number of amides is 1. The van der Waals surface area contributed by atoms with Crippen LogP contribution in [-0.2, 0) is 11.2 Å². The quantitative estimate of drug-likeness (QED) is 0.377. The first-order valence-electron chi connectivity index (χ1n) is 6.36. The molecule has 21 heavy (non-hydrogen) atoms. The van der Waals surface area contributed by atoms with Gasteiger partial charge in [-0.25, -0.2) is 5.43 Å². The summed E-state index contributed by atoms with van der Waals surface area (Å²) in [4.78, 5) is 15.7. The molecule has 0 bridgehead atoms. The average Bonchev–Trinajstić information content (AvgIpc) is 2.50. The van der Waals surface area contributed by atoms with Crippen molar-refractivity contribution in [1.29, 1.82) is 0 Å². The van der Waals surface area contributed by atoms with E-state index in [9.17, 15) is 4.79 Å². The van der Waals surface area contributed by atoms with Crippen molar-refractivity contribution in [2.24, 2.45) is 5.10 Å². The lowest BCUT2D eigenvalue weighted by Gasteiger charge is -2.04. The number of carbonyl (C=O) groups excluding carboxylic acids is 1. The van der Waals surface area contributed by atoms with Gasteiger partial charge in [0.25, 0.3) is 0 Å². The molecule has 1 N–H and O–H groups in total. The van der Waals surface area contributed by atoms with Gasteiger partial charge in [0.15, 0.2) is 0 Å². The van der Waals surface area contributed by atoms with Gasteiger partial charge >= 0.3 is 0 Å². The van der Waals surface area contributed by atoms with E-state index in [-0.39, 0.29) is 12.3 Å². The summed E-state index contributed by atoms with van der Waals surface area (Å²) in [6, 6.07) is 3.57. The zero-order valence-corrected chi connectivity index (χ0v) is 13.4. The van der Waals surface area contributed by atoms with E-state index in [2.05, 4.69) is 15.5 Å². The lowest BCUT2D eigenvalue weighted by atomic mass is 10.2. The minimum absolute atomic E-state index is 0.194. The molecule has 0 atom stereocenters. The smallest absolute Gasteiger partial charge is 0.244 e. The Balaban J connectivity index is 2.63. The second-order valence-electron chi connectivity index (χ2n) is 4.29. The summed E-state index contributed by atoms with van der Waals surface area (Å²) in [5, 5.41) is 4.58. The molecule has 0 aromatic carbocycles. The van der Waals surface area contributed by atoms with Crippen molar-refractivity contribution in [3.8, 4) is 0 Å². The van der Waals surface area contributed by atoms with Crippen LogP contribution in [0.2, 0.25) is 0 Å². The fraction of sp³-hybridized carbons (Fsp3) is 0.267. The highest BCUT2D eigenvalue weighted by molar-refractivity contribution is 6.33. The highest BCUT2D eigenvalue weighted by Gasteiger charge is 2.04. The van der Waals surface area contributed by atoms with Gasteiger partial charge in [-0.15, -0.1) is 11.6 Å². The number of hydrogen-bond acceptors (Lipinski definition) is 3. The molecule has 0 unspecified atom stereocenters. The second kappa shape index (κ2) is 9.32. The highest BCUT2D eigenvalue weighted by Crippen LogP contribution is 2.12. The van der Waals surface area contributed by atoms with Gasteiger partial charge in [0.2, 0.25) is 5.91 Å². The van der Waals surface area contributed by atoms with Crippen LogP contribution < -0.4 is 5.43 Å². The molecule has 0 aliphatic heterocycles. The molecule has 6 heteroatoms. The van der Waals surface area contributed by atoms with E-state index in [0.29, 0.717) is 16.6 Å². The van der Waals surface area contributed by atoms with Crippen LogP contribution in [0.15, 0.2) is 52.4 Å². The van der Waals surface area contributed by atoms with E-state index in [4.69, 9.17) is 23.2 Å². The molecule has 0 radical (unpaired) electrons. The summed E-state index contributed by atoms with van der Waals surface area (Å²) >= 11 is 11.6. The van der Waals surface area contributed by atoms with Crippen LogP contribution in [0.1, 0.15) is 19.4 Å². The molecule has 0 aliphatic carbocycles. The Hall–Kier alpha value is -1.65. The predicted molar refractivity (Wildman–Crippen MR) is 87.6 cm³/mol. The van der Waals surface area contributed by atoms with Crippen LogP contribution in [0.3, 0.4) is 0 Å². The second-order valence-corrected chi connectivity index (χ2v) is 5.01. The molecule has 0 spiro atoms. The largest absolute Gasteiger partial charge is 0.273 e. The molecule has 0 aliphatic rings. The monoisotopic (exact) mass is 325 g/mol. The average molecular weight is 326 g/mol. The molecule has 0 saturated carbocycles. The summed E-state index contributed by atoms with van der Waals surface area (Å²) in [5.41, 5.74) is 4.81. The maximum absolute atomic E-state index is 11.8. The number of alkyl halides is 1. The predicted octanol–water partition coefficient (Wildman–Crippen LogP) is 3.42. The summed E-state index contributed by atoms with van der Waals surface area (Å²) in [6.45, 7) is 3.60. The standard InChI is InChI=1S/C15H17Cl2N3O/c1-11(14(17)4-3-7-16)12(2)19-20-15(21)10-13-5-8-18-9-6-13/h3-6,8-9H,7,10H2,1-2H3,(H,20,21)/b4-3-,14-11-,19-12+. The molecule has 1 aromatic rings. The Morgan fingerprint density at radius 1 is 1.38 bits per heavy atom. The maximum Gasteiger partial charge on any atom is 0.244 e. The molecule has 0 saturated heterocycles. The number of hydrogen-bond donors (Lipinski definition) is 1. The van der Waals surface area contributed by atoms with Gasteiger partial charge in [-0.2, -0.15) is 5.10 Å². The van der Waals surface area contributed by atoms with E-state index >= 15 is 0 Å². The Kier molecular flexibility index (Phi) is 7.72. The van der Waals surface area contributed by atoms with E-state index in [1.807, 2.05) is 6.92 Å². The van der Waals surface area contributed by atoms with Crippen LogP contribution >= 0.6 is 23.2 Å². The number of hydrazone groups is 1. The molecule has 1 aromatic heterocycles. The molecule has 0 fully saturated rings. The summed E-state index contributed by atoms with van der Waals surface area (Å²) in [7, 11) is 0. The van der Waals surface area contributed by atoms with Gasteiger partial charge in [0.05, 0.1) is 12.1 Å². The van der Waals surface area contributed by atoms with Crippen LogP contribution in [-0.4, -0.2) is 22.5 Å². The van der Waals surface area contributed by atoms with E-state index < -0.39 is 0 Å². The van der Waals surface area contributed by atoms with Gasteiger partial charge in [0, 0.05) is 23.3 Å². The SMILES string of the molecule is CC(=C(Cl)\C=C/CCl)/C(C)=N/NC(=O)Cc1ccncc1. The third-order valence-corrected chi connectivity index (χ3v) is 3.30. The van der Waals surface area contributed by atoms with E-state index in [1.54, 1.807) is 43.6 Å². The van der Waals surface area contributed by atoms with Crippen molar-refractivity contribution in [3.05, 3.63) is 52.8 Å². The van der Waals surface area contributed by atoms with Crippen molar-refractivity contribution in [2.75, 3.05) is 5.88 Å². The van der Waals surface area contributed by atoms with Crippen molar-refractivity contribution in [3.63, 3.8) is 0 Å². The normalized spacial score (nSPS) is 13.2. The molecular formula is C15H17Cl2N3O. The number of carbonyl (C=O) groups is 1. The Morgan fingerprint density at radius 3 is 2.67 bits per heavy atom. The van der Waals surface area contributed by atoms with Gasteiger partial charge in [0.1, 0.15) is 0 Å². The Morgan fingerprint density at radius 2 is 2.05 bits per heavy atom. The lowest BCUT2D eigenvalue weighted by Crippen LogP contribution is -2.21. The first kappa shape index (κ1) is 17.4. The fourth-order valence-electron chi connectivity index (χ4n) is 1.40. The molecule has 1 rings (SSSR count). The van der Waals surface area contributed by atoms with Crippen molar-refractivity contribution in [2.45, 2.75) is 20.3 Å². The zero-order chi connectivity index (χ0) is 15.7. The number of rotatable bonds is 6. The Labute approximate surface area is 134 Å². The van der Waals surface area contributed by atoms with Crippen molar-refractivity contribution >= 4 is 34.8 Å². The molecule has 1 heterocycles. The number of nitrogens with one attached hydrogen (secondary N) is 1.